The van der Waals surface area contributed by atoms with Crippen LogP contribution < -0.4 is 15.4 Å². The molecule has 0 radical (unpaired) electrons. The van der Waals surface area contributed by atoms with Crippen molar-refractivity contribution in [1.29, 1.82) is 0 Å². The van der Waals surface area contributed by atoms with Crippen LogP contribution in [0.4, 0.5) is 4.39 Å². The van der Waals surface area contributed by atoms with E-state index in [-0.39, 0.29) is 30.0 Å². The van der Waals surface area contributed by atoms with E-state index >= 15 is 0 Å². The van der Waals surface area contributed by atoms with Gasteiger partial charge >= 0.3 is 0 Å². The van der Waals surface area contributed by atoms with Crippen molar-refractivity contribution in [2.45, 2.75) is 50.0 Å². The van der Waals surface area contributed by atoms with Crippen LogP contribution in [0.25, 0.3) is 0 Å². The first-order chi connectivity index (χ1) is 17.5. The van der Waals surface area contributed by atoms with Gasteiger partial charge in [-0.15, -0.1) is 0 Å². The average Bonchev–Trinajstić information content (AvgIpc) is 3.28. The molecule has 0 bridgehead atoms. The predicted molar refractivity (Wildman–Crippen MR) is 138 cm³/mol. The van der Waals surface area contributed by atoms with Gasteiger partial charge in [-0.3, -0.25) is 9.59 Å². The molecule has 1 aliphatic rings. The van der Waals surface area contributed by atoms with Crippen molar-refractivity contribution >= 4 is 11.8 Å². The maximum atomic E-state index is 14.6. The van der Waals surface area contributed by atoms with Crippen molar-refractivity contribution < 1.29 is 18.7 Å². The SMILES string of the molecule is COc1ccc(C[C@]2(CCC(=O)NCCC(c3ccccc3)c3ccccc3)CCC(=O)N2)c(F)c1. The van der Waals surface area contributed by atoms with Crippen LogP contribution in [0, 0.1) is 5.82 Å². The zero-order valence-corrected chi connectivity index (χ0v) is 20.6. The number of amides is 2. The topological polar surface area (TPSA) is 67.4 Å². The van der Waals surface area contributed by atoms with E-state index in [1.165, 1.54) is 24.3 Å². The molecule has 1 saturated heterocycles. The third-order valence-electron chi connectivity index (χ3n) is 7.01. The third kappa shape index (κ3) is 6.51. The van der Waals surface area contributed by atoms with Gasteiger partial charge in [0.25, 0.3) is 0 Å². The number of methoxy groups -OCH3 is 1. The van der Waals surface area contributed by atoms with Crippen LogP contribution in [0.5, 0.6) is 5.75 Å². The molecule has 36 heavy (non-hydrogen) atoms. The van der Waals surface area contributed by atoms with E-state index < -0.39 is 5.54 Å². The van der Waals surface area contributed by atoms with Gasteiger partial charge < -0.3 is 15.4 Å². The summed E-state index contributed by atoms with van der Waals surface area (Å²) in [4.78, 5) is 24.8. The Morgan fingerprint density at radius 1 is 1.06 bits per heavy atom. The fourth-order valence-electron chi connectivity index (χ4n) is 5.04. The maximum absolute atomic E-state index is 14.6. The lowest BCUT2D eigenvalue weighted by Crippen LogP contribution is -2.44. The molecule has 3 aromatic rings. The highest BCUT2D eigenvalue weighted by Gasteiger charge is 2.38. The number of rotatable bonds is 11. The molecule has 1 heterocycles. The standard InChI is InChI=1S/C30H33FN2O3/c1-36-25-13-12-24(27(31)20-25)21-30(18-15-29(35)33-30)17-14-28(34)32-19-16-26(22-8-4-2-5-9-22)23-10-6-3-7-11-23/h2-13,20,26H,14-19,21H2,1H3,(H,32,34)(H,33,35)/t30-/m0/s1. The molecule has 1 fully saturated rings. The normalized spacial score (nSPS) is 17.1. The summed E-state index contributed by atoms with van der Waals surface area (Å²) in [6.07, 6.45) is 2.80. The summed E-state index contributed by atoms with van der Waals surface area (Å²) in [6.45, 7) is 0.541. The Balaban J connectivity index is 1.35. The molecule has 0 aromatic heterocycles. The van der Waals surface area contributed by atoms with Crippen molar-refractivity contribution in [1.82, 2.24) is 10.6 Å². The molecule has 5 nitrogen and oxygen atoms in total. The van der Waals surface area contributed by atoms with Crippen molar-refractivity contribution in [3.05, 3.63) is 101 Å². The molecule has 0 aliphatic carbocycles. The van der Waals surface area contributed by atoms with Gasteiger partial charge in [0.05, 0.1) is 7.11 Å². The zero-order chi connectivity index (χ0) is 25.4. The summed E-state index contributed by atoms with van der Waals surface area (Å²) >= 11 is 0. The molecule has 0 spiro atoms. The van der Waals surface area contributed by atoms with E-state index in [4.69, 9.17) is 4.74 Å². The van der Waals surface area contributed by atoms with E-state index in [1.54, 1.807) is 12.1 Å². The van der Waals surface area contributed by atoms with Crippen LogP contribution >= 0.6 is 0 Å². The van der Waals surface area contributed by atoms with Gasteiger partial charge in [-0.1, -0.05) is 66.7 Å². The molecule has 6 heteroatoms. The number of hydrogen-bond donors (Lipinski definition) is 2. The van der Waals surface area contributed by atoms with Crippen molar-refractivity contribution in [2.24, 2.45) is 0 Å². The summed E-state index contributed by atoms with van der Waals surface area (Å²) in [7, 11) is 1.49. The molecule has 0 saturated carbocycles. The van der Waals surface area contributed by atoms with E-state index in [1.807, 2.05) is 36.4 Å². The molecule has 4 rings (SSSR count). The second kappa shape index (κ2) is 11.8. The average molecular weight is 489 g/mol. The first-order valence-corrected chi connectivity index (χ1v) is 12.5. The first-order valence-electron chi connectivity index (χ1n) is 12.5. The lowest BCUT2D eigenvalue weighted by atomic mass is 9.84. The predicted octanol–water partition coefficient (Wildman–Crippen LogP) is 5.14. The Labute approximate surface area is 212 Å². The summed E-state index contributed by atoms with van der Waals surface area (Å²) in [5.41, 5.74) is 2.31. The molecule has 0 unspecified atom stereocenters. The summed E-state index contributed by atoms with van der Waals surface area (Å²) in [5.74, 6) is 0.145. The first kappa shape index (κ1) is 25.4. The van der Waals surface area contributed by atoms with Gasteiger partial charge in [0.2, 0.25) is 11.8 Å². The molecule has 1 atom stereocenters. The number of ether oxygens (including phenoxy) is 1. The van der Waals surface area contributed by atoms with E-state index in [0.29, 0.717) is 43.5 Å². The van der Waals surface area contributed by atoms with Gasteiger partial charge in [0, 0.05) is 36.9 Å². The number of benzene rings is 3. The molecule has 3 aromatic carbocycles. The second-order valence-corrected chi connectivity index (χ2v) is 9.48. The summed E-state index contributed by atoms with van der Waals surface area (Å²) in [5, 5.41) is 6.08. The second-order valence-electron chi connectivity index (χ2n) is 9.48. The molecular weight excluding hydrogens is 455 g/mol. The minimum absolute atomic E-state index is 0.0575. The third-order valence-corrected chi connectivity index (χ3v) is 7.01. The minimum atomic E-state index is -0.625. The van der Waals surface area contributed by atoms with Gasteiger partial charge in [-0.25, -0.2) is 4.39 Å². The van der Waals surface area contributed by atoms with Crippen LogP contribution in [-0.2, 0) is 16.0 Å². The lowest BCUT2D eigenvalue weighted by molar-refractivity contribution is -0.122. The van der Waals surface area contributed by atoms with Crippen LogP contribution in [0.3, 0.4) is 0 Å². The van der Waals surface area contributed by atoms with Crippen molar-refractivity contribution in [3.8, 4) is 5.75 Å². The maximum Gasteiger partial charge on any atom is 0.220 e. The zero-order valence-electron chi connectivity index (χ0n) is 20.6. The van der Waals surface area contributed by atoms with Gasteiger partial charge in [-0.2, -0.15) is 0 Å². The van der Waals surface area contributed by atoms with E-state index in [9.17, 15) is 14.0 Å². The van der Waals surface area contributed by atoms with Gasteiger partial charge in [0.1, 0.15) is 11.6 Å². The number of halogens is 1. The van der Waals surface area contributed by atoms with Crippen LogP contribution in [0.1, 0.15) is 54.7 Å². The lowest BCUT2D eigenvalue weighted by Gasteiger charge is -2.29. The fourth-order valence-corrected chi connectivity index (χ4v) is 5.04. The molecule has 188 valence electrons. The summed E-state index contributed by atoms with van der Waals surface area (Å²) < 4.78 is 19.7. The Morgan fingerprint density at radius 2 is 1.72 bits per heavy atom. The smallest absolute Gasteiger partial charge is 0.220 e. The Hall–Kier alpha value is -3.67. The Bertz CT molecular complexity index is 1130. The van der Waals surface area contributed by atoms with Crippen LogP contribution in [0.15, 0.2) is 78.9 Å². The van der Waals surface area contributed by atoms with Gasteiger partial charge in [-0.05, 0) is 48.4 Å². The van der Waals surface area contributed by atoms with Crippen molar-refractivity contribution in [2.75, 3.05) is 13.7 Å². The minimum Gasteiger partial charge on any atom is -0.497 e. The Morgan fingerprint density at radius 3 is 2.28 bits per heavy atom. The monoisotopic (exact) mass is 488 g/mol. The molecule has 2 amide bonds. The molecular formula is C30H33FN2O3. The highest BCUT2D eigenvalue weighted by Crippen LogP contribution is 2.31. The number of carbonyl (C=O) groups excluding carboxylic acids is 2. The quantitative estimate of drug-likeness (QED) is 0.393. The highest BCUT2D eigenvalue weighted by atomic mass is 19.1. The van der Waals surface area contributed by atoms with E-state index in [2.05, 4.69) is 34.9 Å². The van der Waals surface area contributed by atoms with Crippen LogP contribution in [0.2, 0.25) is 0 Å². The van der Waals surface area contributed by atoms with Gasteiger partial charge in [0.15, 0.2) is 0 Å². The largest absolute Gasteiger partial charge is 0.497 e. The molecule has 1 aliphatic heterocycles. The van der Waals surface area contributed by atoms with Crippen LogP contribution in [-0.4, -0.2) is 31.0 Å². The molecule has 2 N–H and O–H groups in total. The van der Waals surface area contributed by atoms with Crippen molar-refractivity contribution in [3.63, 3.8) is 0 Å². The summed E-state index contributed by atoms with van der Waals surface area (Å²) in [6, 6.07) is 25.3. The number of hydrogen-bond acceptors (Lipinski definition) is 3. The Kier molecular flexibility index (Phi) is 8.36. The number of carbonyl (C=O) groups is 2. The number of nitrogens with one attached hydrogen (secondary N) is 2. The van der Waals surface area contributed by atoms with E-state index in [0.717, 1.165) is 6.42 Å². The fraction of sp³-hybridized carbons (Fsp3) is 0.333. The highest BCUT2D eigenvalue weighted by molar-refractivity contribution is 5.80.